The molecule has 1 aromatic carbocycles. The number of hydrogen-bond acceptors (Lipinski definition) is 2. The molecule has 2 rings (SSSR count). The molecule has 4 heteroatoms. The maximum absolute atomic E-state index is 6.07. The number of fused-ring (bicyclic) bond motifs is 1. The average molecular weight is 294 g/mol. The number of nitrogens with zero attached hydrogens (tertiary/aromatic N) is 2. The molecular weight excluding hydrogens is 270 g/mol. The van der Waals surface area contributed by atoms with Crippen LogP contribution in [0.3, 0.4) is 0 Å². The Hall–Kier alpha value is -1.06. The lowest BCUT2D eigenvalue weighted by Gasteiger charge is -2.14. The van der Waals surface area contributed by atoms with Gasteiger partial charge in [-0.3, -0.25) is 0 Å². The fourth-order valence-electron chi connectivity index (χ4n) is 2.68. The topological polar surface area (TPSA) is 43.8 Å². The molecular formula is C16H24ClN3. The number of benzene rings is 1. The first-order valence-corrected chi connectivity index (χ1v) is 7.77. The number of hydrogen-bond donors (Lipinski definition) is 1. The third-order valence-electron chi connectivity index (χ3n) is 3.76. The molecule has 1 heterocycles. The summed E-state index contributed by atoms with van der Waals surface area (Å²) in [4.78, 5) is 4.77. The molecule has 20 heavy (non-hydrogen) atoms. The third-order valence-corrected chi connectivity index (χ3v) is 4.00. The summed E-state index contributed by atoms with van der Waals surface area (Å²) in [5.41, 5.74) is 7.78. The molecule has 110 valence electrons. The summed E-state index contributed by atoms with van der Waals surface area (Å²) in [6, 6.07) is 6.35. The number of aryl methyl sites for hydroxylation is 1. The summed E-state index contributed by atoms with van der Waals surface area (Å²) < 4.78 is 2.32. The molecule has 0 aliphatic heterocycles. The molecule has 0 aliphatic carbocycles. The van der Waals surface area contributed by atoms with Crippen LogP contribution in [-0.4, -0.2) is 16.1 Å². The van der Waals surface area contributed by atoms with E-state index in [4.69, 9.17) is 22.3 Å². The van der Waals surface area contributed by atoms with Gasteiger partial charge in [-0.1, -0.05) is 18.5 Å². The highest BCUT2D eigenvalue weighted by atomic mass is 35.5. The Kier molecular flexibility index (Phi) is 5.06. The Labute approximate surface area is 126 Å². The van der Waals surface area contributed by atoms with E-state index in [0.717, 1.165) is 42.2 Å². The van der Waals surface area contributed by atoms with Crippen LogP contribution < -0.4 is 5.73 Å². The summed E-state index contributed by atoms with van der Waals surface area (Å²) in [6.45, 7) is 7.41. The van der Waals surface area contributed by atoms with E-state index in [1.54, 1.807) is 0 Å². The summed E-state index contributed by atoms with van der Waals surface area (Å²) in [5.74, 6) is 1.80. The molecule has 0 amide bonds. The first kappa shape index (κ1) is 15.3. The second-order valence-electron chi connectivity index (χ2n) is 5.85. The van der Waals surface area contributed by atoms with Gasteiger partial charge < -0.3 is 10.3 Å². The zero-order chi connectivity index (χ0) is 14.7. The lowest BCUT2D eigenvalue weighted by Crippen LogP contribution is -2.10. The lowest BCUT2D eigenvalue weighted by molar-refractivity contribution is 0.479. The molecule has 2 aromatic rings. The number of nitrogens with two attached hydrogens (primary N) is 1. The predicted molar refractivity (Wildman–Crippen MR) is 86.3 cm³/mol. The first-order valence-electron chi connectivity index (χ1n) is 7.39. The predicted octanol–water partition coefficient (Wildman–Crippen LogP) is 4.19. The first-order chi connectivity index (χ1) is 9.52. The van der Waals surface area contributed by atoms with Crippen LogP contribution in [-0.2, 0) is 6.42 Å². The van der Waals surface area contributed by atoms with E-state index in [2.05, 4.69) is 31.4 Å². The van der Waals surface area contributed by atoms with Gasteiger partial charge in [0.1, 0.15) is 5.82 Å². The van der Waals surface area contributed by atoms with E-state index in [9.17, 15) is 0 Å². The van der Waals surface area contributed by atoms with Gasteiger partial charge in [0, 0.05) is 17.5 Å². The van der Waals surface area contributed by atoms with Gasteiger partial charge in [-0.05, 0) is 57.4 Å². The Morgan fingerprint density at radius 3 is 2.65 bits per heavy atom. The Morgan fingerprint density at radius 2 is 2.00 bits per heavy atom. The monoisotopic (exact) mass is 293 g/mol. The van der Waals surface area contributed by atoms with Crippen molar-refractivity contribution in [2.45, 2.75) is 46.1 Å². The maximum Gasteiger partial charge on any atom is 0.110 e. The maximum atomic E-state index is 6.07. The smallest absolute Gasteiger partial charge is 0.110 e. The van der Waals surface area contributed by atoms with E-state index < -0.39 is 0 Å². The van der Waals surface area contributed by atoms with E-state index in [0.29, 0.717) is 12.0 Å². The summed E-state index contributed by atoms with van der Waals surface area (Å²) in [5, 5.41) is 0.744. The van der Waals surface area contributed by atoms with Crippen molar-refractivity contribution in [2.24, 2.45) is 11.7 Å². The van der Waals surface area contributed by atoms with Crippen LogP contribution in [0.25, 0.3) is 11.0 Å². The van der Waals surface area contributed by atoms with E-state index in [-0.39, 0.29) is 0 Å². The summed E-state index contributed by atoms with van der Waals surface area (Å²) >= 11 is 6.07. The van der Waals surface area contributed by atoms with Crippen LogP contribution in [0.2, 0.25) is 5.02 Å². The van der Waals surface area contributed by atoms with Crippen molar-refractivity contribution >= 4 is 22.6 Å². The van der Waals surface area contributed by atoms with Crippen molar-refractivity contribution in [1.29, 1.82) is 0 Å². The number of rotatable bonds is 6. The average Bonchev–Trinajstić information content (AvgIpc) is 2.74. The van der Waals surface area contributed by atoms with E-state index in [1.165, 1.54) is 5.52 Å². The standard InChI is InChI=1S/C16H24ClN3/c1-11(2)20-15-6-5-13(17)10-14(15)19-16(20)7-4-12(3)8-9-18/h5-6,10-12H,4,7-9,18H2,1-3H3. The zero-order valence-corrected chi connectivity index (χ0v) is 13.3. The highest BCUT2D eigenvalue weighted by molar-refractivity contribution is 6.31. The third kappa shape index (κ3) is 3.33. The minimum Gasteiger partial charge on any atom is -0.330 e. The van der Waals surface area contributed by atoms with Crippen molar-refractivity contribution in [3.05, 3.63) is 29.0 Å². The Bertz CT molecular complexity index is 574. The van der Waals surface area contributed by atoms with Gasteiger partial charge in [-0.15, -0.1) is 0 Å². The Balaban J connectivity index is 2.29. The molecule has 0 aliphatic rings. The zero-order valence-electron chi connectivity index (χ0n) is 12.6. The molecule has 0 saturated heterocycles. The van der Waals surface area contributed by atoms with E-state index >= 15 is 0 Å². The molecule has 0 bridgehead atoms. The van der Waals surface area contributed by atoms with Gasteiger partial charge in [0.2, 0.25) is 0 Å². The van der Waals surface area contributed by atoms with Crippen LogP contribution in [0.15, 0.2) is 18.2 Å². The molecule has 1 aromatic heterocycles. The molecule has 0 fully saturated rings. The van der Waals surface area contributed by atoms with Crippen LogP contribution in [0, 0.1) is 5.92 Å². The molecule has 0 spiro atoms. The second-order valence-corrected chi connectivity index (χ2v) is 6.28. The van der Waals surface area contributed by atoms with Crippen LogP contribution in [0.5, 0.6) is 0 Å². The van der Waals surface area contributed by atoms with Crippen LogP contribution in [0.4, 0.5) is 0 Å². The van der Waals surface area contributed by atoms with Gasteiger partial charge >= 0.3 is 0 Å². The molecule has 2 N–H and O–H groups in total. The van der Waals surface area contributed by atoms with Gasteiger partial charge in [0.05, 0.1) is 11.0 Å². The van der Waals surface area contributed by atoms with Crippen molar-refractivity contribution in [3.63, 3.8) is 0 Å². The quantitative estimate of drug-likeness (QED) is 0.868. The number of aromatic nitrogens is 2. The SMILES string of the molecule is CC(CCN)CCc1nc2cc(Cl)ccc2n1C(C)C. The summed E-state index contributed by atoms with van der Waals surface area (Å²) in [6.07, 6.45) is 3.19. The molecule has 0 saturated carbocycles. The second kappa shape index (κ2) is 6.59. The highest BCUT2D eigenvalue weighted by Crippen LogP contribution is 2.25. The largest absolute Gasteiger partial charge is 0.330 e. The van der Waals surface area contributed by atoms with Crippen molar-refractivity contribution in [3.8, 4) is 0 Å². The molecule has 1 unspecified atom stereocenters. The molecule has 3 nitrogen and oxygen atoms in total. The molecule has 1 atom stereocenters. The number of imidazole rings is 1. The van der Waals surface area contributed by atoms with Crippen molar-refractivity contribution in [1.82, 2.24) is 9.55 Å². The normalized spacial score (nSPS) is 13.3. The lowest BCUT2D eigenvalue weighted by atomic mass is 10.0. The highest BCUT2D eigenvalue weighted by Gasteiger charge is 2.14. The minimum absolute atomic E-state index is 0.404. The van der Waals surface area contributed by atoms with Gasteiger partial charge in [0.25, 0.3) is 0 Å². The van der Waals surface area contributed by atoms with Crippen LogP contribution >= 0.6 is 11.6 Å². The van der Waals surface area contributed by atoms with Gasteiger partial charge in [-0.25, -0.2) is 4.98 Å². The Morgan fingerprint density at radius 1 is 1.25 bits per heavy atom. The fraction of sp³-hybridized carbons (Fsp3) is 0.562. The van der Waals surface area contributed by atoms with Crippen molar-refractivity contribution in [2.75, 3.05) is 6.54 Å². The fourth-order valence-corrected chi connectivity index (χ4v) is 2.85. The minimum atomic E-state index is 0.404. The van der Waals surface area contributed by atoms with Crippen LogP contribution in [0.1, 0.15) is 45.5 Å². The molecule has 0 radical (unpaired) electrons. The summed E-state index contributed by atoms with van der Waals surface area (Å²) in [7, 11) is 0. The van der Waals surface area contributed by atoms with Crippen molar-refractivity contribution < 1.29 is 0 Å². The van der Waals surface area contributed by atoms with E-state index in [1.807, 2.05) is 12.1 Å². The van der Waals surface area contributed by atoms with Gasteiger partial charge in [0.15, 0.2) is 0 Å². The number of halogens is 1. The van der Waals surface area contributed by atoms with Gasteiger partial charge in [-0.2, -0.15) is 0 Å².